The Labute approximate surface area is 97.3 Å². The van der Waals surface area contributed by atoms with Gasteiger partial charge in [-0.05, 0) is 12.1 Å². The van der Waals surface area contributed by atoms with Gasteiger partial charge < -0.3 is 9.67 Å². The van der Waals surface area contributed by atoms with Crippen LogP contribution < -0.4 is 0 Å². The van der Waals surface area contributed by atoms with Gasteiger partial charge in [-0.1, -0.05) is 12.1 Å². The molecular formula is C10H11BrN2O2. The number of carboxylic acid groups (broad SMARTS) is 1. The van der Waals surface area contributed by atoms with Gasteiger partial charge in [0.1, 0.15) is 0 Å². The minimum absolute atomic E-state index is 0. The summed E-state index contributed by atoms with van der Waals surface area (Å²) in [6.07, 6.45) is 1.80. The molecule has 80 valence electrons. The summed E-state index contributed by atoms with van der Waals surface area (Å²) in [7, 11) is 0. The molecule has 0 aliphatic carbocycles. The van der Waals surface area contributed by atoms with E-state index in [0.717, 1.165) is 11.0 Å². The standard InChI is InChI=1S/C10H10N2O2.BrH/c13-10(14)5-6-12-7-11-8-3-1-2-4-9(8)12;/h1-4,7H,5-6H2,(H,13,14);1H. The first-order valence-corrected chi connectivity index (χ1v) is 4.39. The van der Waals surface area contributed by atoms with E-state index in [9.17, 15) is 4.79 Å². The van der Waals surface area contributed by atoms with Gasteiger partial charge >= 0.3 is 5.97 Å². The highest BCUT2D eigenvalue weighted by atomic mass is 79.9. The molecule has 0 saturated carbocycles. The number of nitrogens with zero attached hydrogens (tertiary/aromatic N) is 2. The van der Waals surface area contributed by atoms with Crippen LogP contribution in [0.5, 0.6) is 0 Å². The Balaban J connectivity index is 0.00000112. The average molecular weight is 271 g/mol. The highest BCUT2D eigenvalue weighted by Gasteiger charge is 2.02. The molecule has 1 heterocycles. The van der Waals surface area contributed by atoms with Crippen molar-refractivity contribution >= 4 is 34.0 Å². The van der Waals surface area contributed by atoms with Gasteiger partial charge in [0.15, 0.2) is 0 Å². The minimum atomic E-state index is -0.789. The lowest BCUT2D eigenvalue weighted by molar-refractivity contribution is -0.137. The van der Waals surface area contributed by atoms with Crippen LogP contribution in [-0.4, -0.2) is 20.6 Å². The molecule has 5 heteroatoms. The normalized spacial score (nSPS) is 9.87. The number of hydrogen-bond acceptors (Lipinski definition) is 2. The van der Waals surface area contributed by atoms with Gasteiger partial charge in [-0.3, -0.25) is 4.79 Å². The molecule has 0 aliphatic rings. The number of rotatable bonds is 3. The number of aromatic nitrogens is 2. The van der Waals surface area contributed by atoms with Crippen LogP contribution in [0.15, 0.2) is 30.6 Å². The number of carbonyl (C=O) groups is 1. The van der Waals surface area contributed by atoms with Crippen molar-refractivity contribution in [1.29, 1.82) is 0 Å². The van der Waals surface area contributed by atoms with Crippen LogP contribution in [0.2, 0.25) is 0 Å². The third kappa shape index (κ3) is 2.56. The first-order chi connectivity index (χ1) is 6.77. The number of hydrogen-bond donors (Lipinski definition) is 1. The lowest BCUT2D eigenvalue weighted by Gasteiger charge is -2.00. The van der Waals surface area contributed by atoms with E-state index in [1.54, 1.807) is 6.33 Å². The number of benzene rings is 1. The van der Waals surface area contributed by atoms with Gasteiger partial charge in [0.05, 0.1) is 23.8 Å². The number of aliphatic carboxylic acids is 1. The van der Waals surface area contributed by atoms with Crippen LogP contribution in [0, 0.1) is 0 Å². The third-order valence-corrected chi connectivity index (χ3v) is 2.09. The minimum Gasteiger partial charge on any atom is -0.481 e. The molecule has 0 saturated heterocycles. The fourth-order valence-electron chi connectivity index (χ4n) is 1.40. The lowest BCUT2D eigenvalue weighted by Crippen LogP contribution is -2.03. The molecular weight excluding hydrogens is 260 g/mol. The van der Waals surface area contributed by atoms with E-state index in [0.29, 0.717) is 6.54 Å². The summed E-state index contributed by atoms with van der Waals surface area (Å²) in [5, 5.41) is 8.55. The predicted molar refractivity (Wildman–Crippen MR) is 62.3 cm³/mol. The largest absolute Gasteiger partial charge is 0.481 e. The van der Waals surface area contributed by atoms with Crippen molar-refractivity contribution in [1.82, 2.24) is 9.55 Å². The second-order valence-electron chi connectivity index (χ2n) is 3.07. The molecule has 4 nitrogen and oxygen atoms in total. The van der Waals surface area contributed by atoms with Crippen LogP contribution in [0.3, 0.4) is 0 Å². The van der Waals surface area contributed by atoms with Gasteiger partial charge in [0, 0.05) is 6.54 Å². The Kier molecular flexibility index (Phi) is 3.85. The first kappa shape index (κ1) is 11.7. The number of halogens is 1. The van der Waals surface area contributed by atoms with Crippen molar-refractivity contribution in [2.75, 3.05) is 0 Å². The lowest BCUT2D eigenvalue weighted by atomic mass is 10.3. The fraction of sp³-hybridized carbons (Fsp3) is 0.200. The van der Waals surface area contributed by atoms with Crippen molar-refractivity contribution in [3.05, 3.63) is 30.6 Å². The molecule has 0 unspecified atom stereocenters. The monoisotopic (exact) mass is 270 g/mol. The summed E-state index contributed by atoms with van der Waals surface area (Å²) in [5.74, 6) is -0.789. The van der Waals surface area contributed by atoms with Crippen molar-refractivity contribution < 1.29 is 9.90 Å². The van der Waals surface area contributed by atoms with E-state index >= 15 is 0 Å². The van der Waals surface area contributed by atoms with Crippen LogP contribution >= 0.6 is 17.0 Å². The molecule has 0 atom stereocenters. The summed E-state index contributed by atoms with van der Waals surface area (Å²) in [5.41, 5.74) is 1.88. The van der Waals surface area contributed by atoms with Crippen LogP contribution in [0.4, 0.5) is 0 Å². The topological polar surface area (TPSA) is 55.1 Å². The van der Waals surface area contributed by atoms with Gasteiger partial charge in [-0.2, -0.15) is 0 Å². The molecule has 2 aromatic rings. The molecule has 1 aromatic carbocycles. The Morgan fingerprint density at radius 1 is 1.40 bits per heavy atom. The molecule has 0 aliphatic heterocycles. The fourth-order valence-corrected chi connectivity index (χ4v) is 1.40. The van der Waals surface area contributed by atoms with Crippen LogP contribution in [-0.2, 0) is 11.3 Å². The second kappa shape index (κ2) is 4.93. The zero-order valence-corrected chi connectivity index (χ0v) is 9.67. The molecule has 1 N–H and O–H groups in total. The van der Waals surface area contributed by atoms with E-state index in [-0.39, 0.29) is 23.4 Å². The summed E-state index contributed by atoms with van der Waals surface area (Å²) in [6, 6.07) is 7.68. The second-order valence-corrected chi connectivity index (χ2v) is 3.07. The smallest absolute Gasteiger partial charge is 0.305 e. The number of para-hydroxylation sites is 2. The van der Waals surface area contributed by atoms with Gasteiger partial charge in [-0.25, -0.2) is 4.98 Å². The van der Waals surface area contributed by atoms with Gasteiger partial charge in [0.25, 0.3) is 0 Å². The molecule has 0 amide bonds. The molecule has 0 fully saturated rings. The summed E-state index contributed by atoms with van der Waals surface area (Å²) < 4.78 is 1.85. The summed E-state index contributed by atoms with van der Waals surface area (Å²) in [4.78, 5) is 14.6. The molecule has 0 spiro atoms. The molecule has 15 heavy (non-hydrogen) atoms. The van der Waals surface area contributed by atoms with Crippen LogP contribution in [0.1, 0.15) is 6.42 Å². The predicted octanol–water partition coefficient (Wildman–Crippen LogP) is 2.09. The first-order valence-electron chi connectivity index (χ1n) is 4.39. The summed E-state index contributed by atoms with van der Waals surface area (Å²) >= 11 is 0. The van der Waals surface area contributed by atoms with E-state index in [1.165, 1.54) is 0 Å². The highest BCUT2D eigenvalue weighted by Crippen LogP contribution is 2.11. The zero-order valence-electron chi connectivity index (χ0n) is 7.96. The Morgan fingerprint density at radius 3 is 2.87 bits per heavy atom. The van der Waals surface area contributed by atoms with E-state index in [2.05, 4.69) is 4.98 Å². The van der Waals surface area contributed by atoms with Crippen molar-refractivity contribution in [2.24, 2.45) is 0 Å². The Bertz CT molecular complexity index is 467. The number of carboxylic acids is 1. The quantitative estimate of drug-likeness (QED) is 0.929. The molecule has 2 rings (SSSR count). The SMILES string of the molecule is Br.O=C(O)CCn1cnc2ccccc21. The maximum Gasteiger partial charge on any atom is 0.305 e. The van der Waals surface area contributed by atoms with E-state index in [1.807, 2.05) is 28.8 Å². The molecule has 1 aromatic heterocycles. The summed E-state index contributed by atoms with van der Waals surface area (Å²) in [6.45, 7) is 0.468. The zero-order chi connectivity index (χ0) is 9.97. The maximum atomic E-state index is 10.4. The molecule has 0 radical (unpaired) electrons. The van der Waals surface area contributed by atoms with Crippen molar-refractivity contribution in [3.63, 3.8) is 0 Å². The Morgan fingerprint density at radius 2 is 2.13 bits per heavy atom. The van der Waals surface area contributed by atoms with Gasteiger partial charge in [0.2, 0.25) is 0 Å². The number of imidazole rings is 1. The van der Waals surface area contributed by atoms with Crippen molar-refractivity contribution in [3.8, 4) is 0 Å². The highest BCUT2D eigenvalue weighted by molar-refractivity contribution is 8.93. The number of fused-ring (bicyclic) bond motifs is 1. The maximum absolute atomic E-state index is 10.4. The molecule has 0 bridgehead atoms. The van der Waals surface area contributed by atoms with E-state index in [4.69, 9.17) is 5.11 Å². The Hall–Kier alpha value is -1.36. The van der Waals surface area contributed by atoms with Crippen molar-refractivity contribution in [2.45, 2.75) is 13.0 Å². The number of aryl methyl sites for hydroxylation is 1. The van der Waals surface area contributed by atoms with Gasteiger partial charge in [-0.15, -0.1) is 17.0 Å². The third-order valence-electron chi connectivity index (χ3n) is 2.09. The average Bonchev–Trinajstić information content (AvgIpc) is 2.58. The van der Waals surface area contributed by atoms with E-state index < -0.39 is 5.97 Å². The van der Waals surface area contributed by atoms with Crippen LogP contribution in [0.25, 0.3) is 11.0 Å².